The highest BCUT2D eigenvalue weighted by Crippen LogP contribution is 2.32. The first kappa shape index (κ1) is 17.0. The van der Waals surface area contributed by atoms with Crippen molar-refractivity contribution in [1.29, 1.82) is 0 Å². The first-order chi connectivity index (χ1) is 10.6. The van der Waals surface area contributed by atoms with Crippen molar-refractivity contribution >= 4 is 10.0 Å². The zero-order valence-corrected chi connectivity index (χ0v) is 13.4. The van der Waals surface area contributed by atoms with E-state index >= 15 is 0 Å². The van der Waals surface area contributed by atoms with Crippen LogP contribution in [0.3, 0.4) is 0 Å². The summed E-state index contributed by atoms with van der Waals surface area (Å²) in [5.74, 6) is 1.36. The molecule has 0 saturated carbocycles. The summed E-state index contributed by atoms with van der Waals surface area (Å²) in [5.41, 5.74) is 0.989. The molecule has 0 bridgehead atoms. The summed E-state index contributed by atoms with van der Waals surface area (Å²) in [6.07, 6.45) is 0.584. The molecule has 7 nitrogen and oxygen atoms in total. The molecule has 0 saturated heterocycles. The first-order valence-electron chi connectivity index (χ1n) is 7.03. The molecule has 0 radical (unpaired) electrons. The van der Waals surface area contributed by atoms with Gasteiger partial charge in [0.2, 0.25) is 16.8 Å². The molecule has 1 aliphatic rings. The average Bonchev–Trinajstić information content (AvgIpc) is 2.94. The van der Waals surface area contributed by atoms with Gasteiger partial charge < -0.3 is 18.9 Å². The molecule has 0 fully saturated rings. The van der Waals surface area contributed by atoms with Gasteiger partial charge in [0, 0.05) is 13.7 Å². The third kappa shape index (κ3) is 5.45. The van der Waals surface area contributed by atoms with E-state index in [0.29, 0.717) is 31.9 Å². The Bertz CT molecular complexity index is 575. The Hall–Kier alpha value is -1.35. The summed E-state index contributed by atoms with van der Waals surface area (Å²) < 4.78 is 46.6. The van der Waals surface area contributed by atoms with Crippen molar-refractivity contribution in [3.8, 4) is 11.5 Å². The fourth-order valence-electron chi connectivity index (χ4n) is 1.93. The molecule has 1 aromatic rings. The number of fused-ring (bicyclic) bond motifs is 1. The number of rotatable bonds is 10. The molecule has 22 heavy (non-hydrogen) atoms. The van der Waals surface area contributed by atoms with Crippen LogP contribution in [0.2, 0.25) is 0 Å². The minimum absolute atomic E-state index is 0.0577. The standard InChI is InChI=1S/C14H21NO6S/c1-18-6-7-19-8-9-22(16,17)15-5-4-12-2-3-13-14(10-12)21-11-20-13/h2-3,10,15H,4-9,11H2,1H3. The van der Waals surface area contributed by atoms with Crippen LogP contribution in [-0.2, 0) is 25.9 Å². The van der Waals surface area contributed by atoms with E-state index in [1.54, 1.807) is 7.11 Å². The molecule has 0 atom stereocenters. The Morgan fingerprint density at radius 3 is 2.82 bits per heavy atom. The summed E-state index contributed by atoms with van der Waals surface area (Å²) in [6, 6.07) is 5.59. The van der Waals surface area contributed by atoms with E-state index in [-0.39, 0.29) is 19.2 Å². The quantitative estimate of drug-likeness (QED) is 0.630. The molecule has 0 aliphatic carbocycles. The van der Waals surface area contributed by atoms with E-state index in [9.17, 15) is 8.42 Å². The van der Waals surface area contributed by atoms with E-state index in [0.717, 1.165) is 11.3 Å². The molecule has 1 N–H and O–H groups in total. The summed E-state index contributed by atoms with van der Waals surface area (Å²) in [7, 11) is -1.75. The van der Waals surface area contributed by atoms with E-state index < -0.39 is 10.0 Å². The molecular formula is C14H21NO6S. The van der Waals surface area contributed by atoms with Gasteiger partial charge in [-0.05, 0) is 24.1 Å². The van der Waals surface area contributed by atoms with Crippen LogP contribution >= 0.6 is 0 Å². The van der Waals surface area contributed by atoms with Crippen molar-refractivity contribution in [3.63, 3.8) is 0 Å². The van der Waals surface area contributed by atoms with Crippen LogP contribution < -0.4 is 14.2 Å². The van der Waals surface area contributed by atoms with Crippen molar-refractivity contribution in [1.82, 2.24) is 4.72 Å². The normalized spacial score (nSPS) is 13.5. The van der Waals surface area contributed by atoms with Crippen LogP contribution in [0.4, 0.5) is 0 Å². The molecule has 1 aliphatic heterocycles. The molecule has 0 spiro atoms. The van der Waals surface area contributed by atoms with Gasteiger partial charge in [-0.15, -0.1) is 0 Å². The van der Waals surface area contributed by atoms with Gasteiger partial charge in [0.25, 0.3) is 0 Å². The second-order valence-electron chi connectivity index (χ2n) is 4.76. The third-order valence-electron chi connectivity index (χ3n) is 3.10. The Morgan fingerprint density at radius 2 is 2.00 bits per heavy atom. The van der Waals surface area contributed by atoms with Crippen molar-refractivity contribution < 1.29 is 27.4 Å². The number of hydrogen-bond donors (Lipinski definition) is 1. The van der Waals surface area contributed by atoms with Crippen LogP contribution in [0.25, 0.3) is 0 Å². The molecule has 1 aromatic carbocycles. The lowest BCUT2D eigenvalue weighted by molar-refractivity contribution is 0.0784. The molecule has 0 unspecified atom stereocenters. The number of hydrogen-bond acceptors (Lipinski definition) is 6. The largest absolute Gasteiger partial charge is 0.454 e. The van der Waals surface area contributed by atoms with E-state index in [4.69, 9.17) is 18.9 Å². The van der Waals surface area contributed by atoms with Gasteiger partial charge in [-0.3, -0.25) is 0 Å². The molecule has 124 valence electrons. The second-order valence-corrected chi connectivity index (χ2v) is 6.68. The van der Waals surface area contributed by atoms with Crippen LogP contribution in [0.5, 0.6) is 11.5 Å². The SMILES string of the molecule is COCCOCCS(=O)(=O)NCCc1ccc2c(c1)OCO2. The monoisotopic (exact) mass is 331 g/mol. The van der Waals surface area contributed by atoms with Crippen LogP contribution in [0.15, 0.2) is 18.2 Å². The summed E-state index contributed by atoms with van der Waals surface area (Å²) in [5, 5.41) is 0. The zero-order chi connectivity index (χ0) is 15.8. The lowest BCUT2D eigenvalue weighted by Crippen LogP contribution is -2.30. The maximum atomic E-state index is 11.8. The predicted molar refractivity (Wildman–Crippen MR) is 80.8 cm³/mol. The van der Waals surface area contributed by atoms with E-state index in [1.807, 2.05) is 18.2 Å². The first-order valence-corrected chi connectivity index (χ1v) is 8.68. The molecule has 0 aromatic heterocycles. The number of benzene rings is 1. The van der Waals surface area contributed by atoms with E-state index in [2.05, 4.69) is 4.72 Å². The highest BCUT2D eigenvalue weighted by Gasteiger charge is 2.14. The van der Waals surface area contributed by atoms with Gasteiger partial charge in [-0.1, -0.05) is 6.07 Å². The number of ether oxygens (including phenoxy) is 4. The van der Waals surface area contributed by atoms with Crippen molar-refractivity contribution in [3.05, 3.63) is 23.8 Å². The van der Waals surface area contributed by atoms with Gasteiger partial charge >= 0.3 is 0 Å². The maximum Gasteiger partial charge on any atom is 0.231 e. The molecule has 0 amide bonds. The minimum atomic E-state index is -3.32. The molecular weight excluding hydrogens is 310 g/mol. The predicted octanol–water partition coefficient (Wildman–Crippen LogP) is 0.540. The third-order valence-corrected chi connectivity index (χ3v) is 4.45. The van der Waals surface area contributed by atoms with Crippen LogP contribution in [0.1, 0.15) is 5.56 Å². The minimum Gasteiger partial charge on any atom is -0.454 e. The van der Waals surface area contributed by atoms with E-state index in [1.165, 1.54) is 0 Å². The topological polar surface area (TPSA) is 83.1 Å². The number of methoxy groups -OCH3 is 1. The lowest BCUT2D eigenvalue weighted by atomic mass is 10.1. The molecule has 1 heterocycles. The van der Waals surface area contributed by atoms with Gasteiger partial charge in [-0.25, -0.2) is 13.1 Å². The Morgan fingerprint density at radius 1 is 1.18 bits per heavy atom. The fraction of sp³-hybridized carbons (Fsp3) is 0.571. The smallest absolute Gasteiger partial charge is 0.231 e. The highest BCUT2D eigenvalue weighted by molar-refractivity contribution is 7.89. The van der Waals surface area contributed by atoms with Crippen LogP contribution in [0, 0.1) is 0 Å². The van der Waals surface area contributed by atoms with Gasteiger partial charge in [0.05, 0.1) is 25.6 Å². The summed E-state index contributed by atoms with van der Waals surface area (Å²) >= 11 is 0. The van der Waals surface area contributed by atoms with Crippen molar-refractivity contribution in [2.75, 3.05) is 46.0 Å². The van der Waals surface area contributed by atoms with Gasteiger partial charge in [-0.2, -0.15) is 0 Å². The van der Waals surface area contributed by atoms with Crippen molar-refractivity contribution in [2.45, 2.75) is 6.42 Å². The molecule has 2 rings (SSSR count). The second kappa shape index (κ2) is 8.33. The van der Waals surface area contributed by atoms with Gasteiger partial charge in [0.15, 0.2) is 11.5 Å². The van der Waals surface area contributed by atoms with Crippen LogP contribution in [-0.4, -0.2) is 54.4 Å². The number of nitrogens with one attached hydrogen (secondary N) is 1. The van der Waals surface area contributed by atoms with Crippen molar-refractivity contribution in [2.24, 2.45) is 0 Å². The lowest BCUT2D eigenvalue weighted by Gasteiger charge is -2.08. The molecule has 8 heteroatoms. The average molecular weight is 331 g/mol. The Labute approximate surface area is 130 Å². The Balaban J connectivity index is 1.68. The highest BCUT2D eigenvalue weighted by atomic mass is 32.2. The van der Waals surface area contributed by atoms with Gasteiger partial charge in [0.1, 0.15) is 0 Å². The fourth-order valence-corrected chi connectivity index (χ4v) is 2.83. The summed E-state index contributed by atoms with van der Waals surface area (Å²) in [6.45, 7) is 1.57. The maximum absolute atomic E-state index is 11.8. The Kier molecular flexibility index (Phi) is 6.44. The summed E-state index contributed by atoms with van der Waals surface area (Å²) in [4.78, 5) is 0. The number of sulfonamides is 1. The zero-order valence-electron chi connectivity index (χ0n) is 12.5.